The first-order chi connectivity index (χ1) is 15.6. The van der Waals surface area contributed by atoms with Gasteiger partial charge in [0.15, 0.2) is 0 Å². The molecule has 0 spiro atoms. The van der Waals surface area contributed by atoms with Crippen molar-refractivity contribution in [1.29, 1.82) is 0 Å². The van der Waals surface area contributed by atoms with Crippen LogP contribution < -0.4 is 16.0 Å². The normalized spacial score (nSPS) is 10.5. The van der Waals surface area contributed by atoms with E-state index in [0.717, 1.165) is 27.7 Å². The maximum absolute atomic E-state index is 12.1. The minimum absolute atomic E-state index is 0.0362. The molecule has 0 saturated carbocycles. The van der Waals surface area contributed by atoms with Crippen LogP contribution in [-0.4, -0.2) is 33.6 Å². The Hall–Kier alpha value is -4.46. The van der Waals surface area contributed by atoms with Gasteiger partial charge in [0, 0.05) is 29.7 Å². The zero-order chi connectivity index (χ0) is 22.3. The topological polar surface area (TPSA) is 116 Å². The Balaban J connectivity index is 1.50. The van der Waals surface area contributed by atoms with Crippen LogP contribution in [0.1, 0.15) is 6.42 Å². The summed E-state index contributed by atoms with van der Waals surface area (Å²) >= 11 is 0. The number of anilines is 3. The van der Waals surface area contributed by atoms with Crippen LogP contribution >= 0.6 is 0 Å². The lowest BCUT2D eigenvalue weighted by atomic mass is 10.1. The van der Waals surface area contributed by atoms with Crippen LogP contribution in [0.3, 0.4) is 0 Å². The number of aromatic nitrogens is 2. The lowest BCUT2D eigenvalue weighted by molar-refractivity contribution is -0.116. The van der Waals surface area contributed by atoms with Gasteiger partial charge >= 0.3 is 6.09 Å². The molecule has 32 heavy (non-hydrogen) atoms. The number of benzene rings is 3. The Labute approximate surface area is 184 Å². The van der Waals surface area contributed by atoms with Gasteiger partial charge in [-0.25, -0.2) is 14.8 Å². The van der Waals surface area contributed by atoms with Gasteiger partial charge in [-0.05, 0) is 41.5 Å². The van der Waals surface area contributed by atoms with Crippen LogP contribution in [0, 0.1) is 0 Å². The second kappa shape index (κ2) is 9.57. The van der Waals surface area contributed by atoms with Crippen molar-refractivity contribution in [2.24, 2.45) is 0 Å². The van der Waals surface area contributed by atoms with E-state index in [2.05, 4.69) is 38.1 Å². The fourth-order valence-electron chi connectivity index (χ4n) is 3.25. The molecule has 0 aliphatic carbocycles. The number of hydrogen-bond acceptors (Lipinski definition) is 5. The molecule has 0 atom stereocenters. The summed E-state index contributed by atoms with van der Waals surface area (Å²) in [5.41, 5.74) is 4.44. The second-order valence-corrected chi connectivity index (χ2v) is 7.05. The molecule has 0 aliphatic heterocycles. The highest BCUT2D eigenvalue weighted by Crippen LogP contribution is 2.27. The van der Waals surface area contributed by atoms with Crippen LogP contribution in [0.4, 0.5) is 22.0 Å². The number of nitrogens with one attached hydrogen (secondary N) is 3. The minimum atomic E-state index is -1.16. The van der Waals surface area contributed by atoms with Crippen molar-refractivity contribution in [2.75, 3.05) is 17.2 Å². The van der Waals surface area contributed by atoms with E-state index in [1.54, 1.807) is 18.2 Å². The predicted octanol–water partition coefficient (Wildman–Crippen LogP) is 4.64. The van der Waals surface area contributed by atoms with Crippen LogP contribution in [-0.2, 0) is 4.79 Å². The monoisotopic (exact) mass is 427 g/mol. The summed E-state index contributed by atoms with van der Waals surface area (Å²) in [6.07, 6.45) is 0.362. The summed E-state index contributed by atoms with van der Waals surface area (Å²) in [5, 5.41) is 17.6. The highest BCUT2D eigenvalue weighted by atomic mass is 16.4. The van der Waals surface area contributed by atoms with Gasteiger partial charge in [-0.2, -0.15) is 0 Å². The summed E-state index contributed by atoms with van der Waals surface area (Å²) in [5.74, 6) is 0.326. The summed E-state index contributed by atoms with van der Waals surface area (Å²) in [6.45, 7) is 0.0453. The van der Waals surface area contributed by atoms with Crippen molar-refractivity contribution in [3.05, 3.63) is 79.1 Å². The van der Waals surface area contributed by atoms with Crippen LogP contribution in [0.15, 0.2) is 79.1 Å². The van der Waals surface area contributed by atoms with Crippen LogP contribution in [0.5, 0.6) is 0 Å². The molecule has 1 aromatic heterocycles. The van der Waals surface area contributed by atoms with Gasteiger partial charge in [0.05, 0.1) is 5.52 Å². The van der Waals surface area contributed by atoms with Gasteiger partial charge in [0.2, 0.25) is 5.91 Å². The number of hydrogen-bond donors (Lipinski definition) is 4. The number of nitrogens with zero attached hydrogens (tertiary/aromatic N) is 2. The SMILES string of the molecule is O=C(O)NCCC(=O)Nc1ccc2ncnc(Nc3ccc(-c4ccccc4)cc3)c2c1. The molecule has 0 saturated heterocycles. The molecule has 160 valence electrons. The summed E-state index contributed by atoms with van der Waals surface area (Å²) < 4.78 is 0. The van der Waals surface area contributed by atoms with Gasteiger partial charge in [-0.3, -0.25) is 4.79 Å². The van der Waals surface area contributed by atoms with E-state index < -0.39 is 6.09 Å². The van der Waals surface area contributed by atoms with Crippen LogP contribution in [0.2, 0.25) is 0 Å². The van der Waals surface area contributed by atoms with Crippen molar-refractivity contribution in [3.8, 4) is 11.1 Å². The van der Waals surface area contributed by atoms with E-state index in [0.29, 0.717) is 11.5 Å². The Morgan fingerprint density at radius 2 is 1.56 bits per heavy atom. The zero-order valence-corrected chi connectivity index (χ0v) is 17.1. The number of carbonyl (C=O) groups is 2. The molecule has 4 N–H and O–H groups in total. The number of rotatable bonds is 7. The van der Waals surface area contributed by atoms with Gasteiger partial charge in [0.25, 0.3) is 0 Å². The van der Waals surface area contributed by atoms with Crippen molar-refractivity contribution >= 4 is 40.1 Å². The first-order valence-corrected chi connectivity index (χ1v) is 10.0. The third-order valence-electron chi connectivity index (χ3n) is 4.80. The third-order valence-corrected chi connectivity index (χ3v) is 4.80. The summed E-state index contributed by atoms with van der Waals surface area (Å²) in [7, 11) is 0. The largest absolute Gasteiger partial charge is 0.465 e. The molecule has 0 aliphatic rings. The first kappa shape index (κ1) is 20.8. The number of amides is 2. The average molecular weight is 427 g/mol. The Bertz CT molecular complexity index is 1240. The van der Waals surface area contributed by atoms with Gasteiger partial charge in [0.1, 0.15) is 12.1 Å². The lowest BCUT2D eigenvalue weighted by Gasteiger charge is -2.11. The van der Waals surface area contributed by atoms with Crippen molar-refractivity contribution in [2.45, 2.75) is 6.42 Å². The molecule has 2 amide bonds. The highest BCUT2D eigenvalue weighted by molar-refractivity contribution is 5.97. The predicted molar refractivity (Wildman–Crippen MR) is 124 cm³/mol. The van der Waals surface area contributed by atoms with Crippen molar-refractivity contribution in [3.63, 3.8) is 0 Å². The highest BCUT2D eigenvalue weighted by Gasteiger charge is 2.08. The molecule has 0 radical (unpaired) electrons. The first-order valence-electron chi connectivity index (χ1n) is 10.0. The third kappa shape index (κ3) is 5.17. The van der Waals surface area contributed by atoms with E-state index in [-0.39, 0.29) is 18.9 Å². The van der Waals surface area contributed by atoms with Gasteiger partial charge < -0.3 is 21.1 Å². The maximum Gasteiger partial charge on any atom is 0.404 e. The average Bonchev–Trinajstić information content (AvgIpc) is 2.80. The standard InChI is InChI=1S/C24H21N5O3/c30-22(12-13-25-24(31)32)28-19-10-11-21-20(14-19)23(27-15-26-21)29-18-8-6-17(7-9-18)16-4-2-1-3-5-16/h1-11,14-15,25H,12-13H2,(H,28,30)(H,31,32)(H,26,27,29). The van der Waals surface area contributed by atoms with Gasteiger partial charge in [-0.15, -0.1) is 0 Å². The zero-order valence-electron chi connectivity index (χ0n) is 17.1. The van der Waals surface area contributed by atoms with Crippen molar-refractivity contribution in [1.82, 2.24) is 15.3 Å². The fourth-order valence-corrected chi connectivity index (χ4v) is 3.25. The maximum atomic E-state index is 12.1. The number of carboxylic acid groups (broad SMARTS) is 1. The fraction of sp³-hybridized carbons (Fsp3) is 0.0833. The molecular weight excluding hydrogens is 406 g/mol. The molecule has 0 unspecified atom stereocenters. The molecule has 0 fully saturated rings. The Morgan fingerprint density at radius 3 is 2.31 bits per heavy atom. The van der Waals surface area contributed by atoms with Gasteiger partial charge in [-0.1, -0.05) is 42.5 Å². The molecule has 1 heterocycles. The summed E-state index contributed by atoms with van der Waals surface area (Å²) in [6, 6.07) is 23.5. The molecule has 4 aromatic rings. The molecule has 3 aromatic carbocycles. The second-order valence-electron chi connectivity index (χ2n) is 7.05. The number of carbonyl (C=O) groups excluding carboxylic acids is 1. The van der Waals surface area contributed by atoms with E-state index in [4.69, 9.17) is 5.11 Å². The Kier molecular flexibility index (Phi) is 6.22. The molecule has 4 rings (SSSR count). The Morgan fingerprint density at radius 1 is 0.844 bits per heavy atom. The molecule has 8 heteroatoms. The van der Waals surface area contributed by atoms with E-state index >= 15 is 0 Å². The van der Waals surface area contributed by atoms with E-state index in [1.807, 2.05) is 42.5 Å². The van der Waals surface area contributed by atoms with Crippen molar-refractivity contribution < 1.29 is 14.7 Å². The number of fused-ring (bicyclic) bond motifs is 1. The lowest BCUT2D eigenvalue weighted by Crippen LogP contribution is -2.25. The quantitative estimate of drug-likeness (QED) is 0.342. The minimum Gasteiger partial charge on any atom is -0.465 e. The van der Waals surface area contributed by atoms with E-state index in [1.165, 1.54) is 6.33 Å². The van der Waals surface area contributed by atoms with E-state index in [9.17, 15) is 9.59 Å². The molecule has 0 bridgehead atoms. The molecule has 8 nitrogen and oxygen atoms in total. The van der Waals surface area contributed by atoms with Crippen LogP contribution in [0.25, 0.3) is 22.0 Å². The smallest absolute Gasteiger partial charge is 0.404 e. The summed E-state index contributed by atoms with van der Waals surface area (Å²) in [4.78, 5) is 31.2. The molecular formula is C24H21N5O3.